The predicted octanol–water partition coefficient (Wildman–Crippen LogP) is 3.79. The minimum absolute atomic E-state index is 0.0505. The maximum absolute atomic E-state index is 13.9. The summed E-state index contributed by atoms with van der Waals surface area (Å²) in [6.45, 7) is 5.74. The fourth-order valence-electron chi connectivity index (χ4n) is 10.2. The van der Waals surface area contributed by atoms with Crippen LogP contribution in [0.5, 0.6) is 5.75 Å². The summed E-state index contributed by atoms with van der Waals surface area (Å²) < 4.78 is 1.63. The molecule has 6 nitrogen and oxygen atoms in total. The highest BCUT2D eigenvalue weighted by Crippen LogP contribution is 2.75. The standard InChI is InChI=1S/C31H37N3O3/c1-2-32-17-21(6-8-27(32)36)29(37)34-18-22-15-30-10-9-25(34)28(22)31(30)11-12-33(16-19-3-4-19)26(30)13-20-5-7-23(35)14-24(20)31/h5-8,14,17,19,22,25-26,28,35H,2-4,9-13,15-16,18H2,1H3/t22-,25?,26?,28?,30?,31?/m1/s1. The Kier molecular flexibility index (Phi) is 4.53. The van der Waals surface area contributed by atoms with E-state index >= 15 is 0 Å². The van der Waals surface area contributed by atoms with Crippen molar-refractivity contribution in [3.05, 3.63) is 63.6 Å². The normalized spacial score (nSPS) is 37.4. The zero-order chi connectivity index (χ0) is 25.1. The van der Waals surface area contributed by atoms with E-state index in [4.69, 9.17) is 0 Å². The molecule has 4 aliphatic carbocycles. The first kappa shape index (κ1) is 22.4. The van der Waals surface area contributed by atoms with Gasteiger partial charge in [0.05, 0.1) is 5.56 Å². The highest BCUT2D eigenvalue weighted by Gasteiger charge is 2.76. The van der Waals surface area contributed by atoms with Crippen molar-refractivity contribution in [2.75, 3.05) is 19.6 Å². The number of rotatable bonds is 4. The molecule has 6 aliphatic rings. The van der Waals surface area contributed by atoms with Gasteiger partial charge >= 0.3 is 0 Å². The van der Waals surface area contributed by atoms with Crippen molar-refractivity contribution in [2.24, 2.45) is 23.2 Å². The molecule has 2 saturated heterocycles. The summed E-state index contributed by atoms with van der Waals surface area (Å²) in [5.74, 6) is 2.31. The maximum Gasteiger partial charge on any atom is 0.255 e. The molecule has 5 fully saturated rings. The molecule has 1 N–H and O–H groups in total. The third kappa shape index (κ3) is 2.80. The minimum atomic E-state index is -0.0544. The van der Waals surface area contributed by atoms with E-state index in [1.807, 2.05) is 13.0 Å². The third-order valence-corrected chi connectivity index (χ3v) is 11.6. The van der Waals surface area contributed by atoms with Crippen molar-refractivity contribution < 1.29 is 9.90 Å². The van der Waals surface area contributed by atoms with Crippen LogP contribution in [0.2, 0.25) is 0 Å². The Hall–Kier alpha value is -2.60. The van der Waals surface area contributed by atoms with Gasteiger partial charge in [-0.3, -0.25) is 14.5 Å². The molecule has 1 amide bonds. The number of aromatic nitrogens is 1. The van der Waals surface area contributed by atoms with Crippen LogP contribution in [-0.4, -0.2) is 57.1 Å². The van der Waals surface area contributed by atoms with E-state index in [9.17, 15) is 14.7 Å². The Balaban J connectivity index is 1.22. The highest BCUT2D eigenvalue weighted by atomic mass is 16.3. The number of aromatic hydroxyl groups is 1. The predicted molar refractivity (Wildman–Crippen MR) is 141 cm³/mol. The summed E-state index contributed by atoms with van der Waals surface area (Å²) in [5, 5.41) is 10.6. The highest BCUT2D eigenvalue weighted by molar-refractivity contribution is 5.94. The number of aryl methyl sites for hydroxylation is 1. The Morgan fingerprint density at radius 3 is 2.81 bits per heavy atom. The van der Waals surface area contributed by atoms with Crippen molar-refractivity contribution in [3.8, 4) is 5.75 Å². The number of nitrogens with zero attached hydrogens (tertiary/aromatic N) is 3. The SMILES string of the molecule is CCn1cc(C(=O)N2C[C@H]3CC45CCC2C3C42CCN(CC3CC3)C5Cc3ccc(O)cc32)ccc1=O. The van der Waals surface area contributed by atoms with Crippen LogP contribution in [-0.2, 0) is 18.4 Å². The zero-order valence-corrected chi connectivity index (χ0v) is 21.7. The van der Waals surface area contributed by atoms with Crippen LogP contribution in [0.3, 0.4) is 0 Å². The van der Waals surface area contributed by atoms with Crippen LogP contribution in [0, 0.1) is 23.2 Å². The summed E-state index contributed by atoms with van der Waals surface area (Å²) in [5.41, 5.74) is 3.73. The smallest absolute Gasteiger partial charge is 0.255 e. The number of hydrogen-bond donors (Lipinski definition) is 1. The quantitative estimate of drug-likeness (QED) is 0.695. The van der Waals surface area contributed by atoms with Crippen LogP contribution >= 0.6 is 0 Å². The second kappa shape index (κ2) is 7.49. The van der Waals surface area contributed by atoms with Crippen molar-refractivity contribution in [1.29, 1.82) is 0 Å². The van der Waals surface area contributed by atoms with Gasteiger partial charge in [0.15, 0.2) is 0 Å². The largest absolute Gasteiger partial charge is 0.508 e. The molecule has 5 unspecified atom stereocenters. The van der Waals surface area contributed by atoms with E-state index in [1.165, 1.54) is 43.4 Å². The fraction of sp³-hybridized carbons (Fsp3) is 0.613. The number of benzene rings is 1. The lowest BCUT2D eigenvalue weighted by atomic mass is 9.43. The first-order chi connectivity index (χ1) is 17.9. The molecule has 0 spiro atoms. The second-order valence-corrected chi connectivity index (χ2v) is 13.0. The van der Waals surface area contributed by atoms with Crippen LogP contribution in [0.15, 0.2) is 41.3 Å². The number of pyridine rings is 1. The lowest BCUT2D eigenvalue weighted by Gasteiger charge is -2.66. The zero-order valence-electron chi connectivity index (χ0n) is 21.7. The van der Waals surface area contributed by atoms with Gasteiger partial charge in [0.2, 0.25) is 0 Å². The van der Waals surface area contributed by atoms with E-state index in [-0.39, 0.29) is 28.3 Å². The van der Waals surface area contributed by atoms with E-state index in [0.29, 0.717) is 35.7 Å². The van der Waals surface area contributed by atoms with Crippen molar-refractivity contribution in [3.63, 3.8) is 0 Å². The number of phenols is 1. The summed E-state index contributed by atoms with van der Waals surface area (Å²) in [6, 6.07) is 10.3. The summed E-state index contributed by atoms with van der Waals surface area (Å²) in [4.78, 5) is 31.1. The Labute approximate surface area is 218 Å². The Morgan fingerprint density at radius 1 is 1.14 bits per heavy atom. The Morgan fingerprint density at radius 2 is 2.00 bits per heavy atom. The lowest BCUT2D eigenvalue weighted by molar-refractivity contribution is -0.102. The number of carbonyl (C=O) groups excluding carboxylic acids is 1. The van der Waals surface area contributed by atoms with Gasteiger partial charge in [-0.05, 0) is 111 Å². The van der Waals surface area contributed by atoms with Gasteiger partial charge < -0.3 is 14.6 Å². The van der Waals surface area contributed by atoms with Gasteiger partial charge in [0.25, 0.3) is 11.5 Å². The topological polar surface area (TPSA) is 65.8 Å². The number of phenolic OH excluding ortho intramolecular Hbond substituents is 1. The van der Waals surface area contributed by atoms with Gasteiger partial charge in [-0.2, -0.15) is 0 Å². The van der Waals surface area contributed by atoms with Gasteiger partial charge in [0, 0.05) is 49.4 Å². The summed E-state index contributed by atoms with van der Waals surface area (Å²) in [7, 11) is 0. The first-order valence-corrected chi connectivity index (χ1v) is 14.5. The van der Waals surface area contributed by atoms with Crippen LogP contribution in [0.4, 0.5) is 0 Å². The molecule has 194 valence electrons. The van der Waals surface area contributed by atoms with Crippen molar-refractivity contribution in [2.45, 2.75) is 75.9 Å². The first-order valence-electron chi connectivity index (χ1n) is 14.5. The van der Waals surface area contributed by atoms with E-state index in [2.05, 4.69) is 21.9 Å². The van der Waals surface area contributed by atoms with Crippen molar-refractivity contribution in [1.82, 2.24) is 14.4 Å². The average Bonchev–Trinajstić information content (AvgIpc) is 3.59. The number of fused-ring (bicyclic) bond motifs is 1. The van der Waals surface area contributed by atoms with Crippen molar-refractivity contribution >= 4 is 5.91 Å². The van der Waals surface area contributed by atoms with Gasteiger partial charge in [0.1, 0.15) is 5.75 Å². The van der Waals surface area contributed by atoms with Crippen LogP contribution in [0.1, 0.15) is 66.9 Å². The monoisotopic (exact) mass is 499 g/mol. The van der Waals surface area contributed by atoms with Gasteiger partial charge in [-0.1, -0.05) is 6.07 Å². The molecule has 2 aliphatic heterocycles. The molecule has 8 rings (SSSR count). The fourth-order valence-corrected chi connectivity index (χ4v) is 10.2. The number of amides is 1. The molecule has 0 radical (unpaired) electrons. The van der Waals surface area contributed by atoms with Gasteiger partial charge in [-0.25, -0.2) is 0 Å². The molecule has 2 aromatic rings. The number of piperidine rings is 1. The maximum atomic E-state index is 13.9. The van der Waals surface area contributed by atoms with E-state index < -0.39 is 0 Å². The van der Waals surface area contributed by atoms with Gasteiger partial charge in [-0.15, -0.1) is 0 Å². The molecule has 1 aromatic carbocycles. The lowest BCUT2D eigenvalue weighted by Crippen LogP contribution is -2.69. The van der Waals surface area contributed by atoms with Crippen LogP contribution < -0.4 is 5.56 Å². The molecule has 4 bridgehead atoms. The molecular formula is C31H37N3O3. The molecule has 37 heavy (non-hydrogen) atoms. The number of carbonyl (C=O) groups is 1. The number of hydrogen-bond acceptors (Lipinski definition) is 4. The summed E-state index contributed by atoms with van der Waals surface area (Å²) >= 11 is 0. The molecule has 6 heteroatoms. The Bertz CT molecular complexity index is 1360. The molecule has 3 heterocycles. The van der Waals surface area contributed by atoms with E-state index in [0.717, 1.165) is 38.3 Å². The molecule has 6 atom stereocenters. The number of likely N-dealkylation sites (tertiary alicyclic amines) is 2. The van der Waals surface area contributed by atoms with Crippen LogP contribution in [0.25, 0.3) is 0 Å². The molecule has 3 saturated carbocycles. The summed E-state index contributed by atoms with van der Waals surface area (Å²) in [6.07, 6.45) is 10.2. The second-order valence-electron chi connectivity index (χ2n) is 13.0. The molecular weight excluding hydrogens is 462 g/mol. The minimum Gasteiger partial charge on any atom is -0.508 e. The van der Waals surface area contributed by atoms with E-state index in [1.54, 1.807) is 22.9 Å². The third-order valence-electron chi connectivity index (χ3n) is 11.6. The average molecular weight is 500 g/mol. The molecule has 1 aromatic heterocycles.